The highest BCUT2D eigenvalue weighted by molar-refractivity contribution is 6.91. The molecule has 2 aliphatic heterocycles. The summed E-state index contributed by atoms with van der Waals surface area (Å²) >= 11 is 6.69. The highest BCUT2D eigenvalue weighted by atomic mass is 35.5. The SMILES string of the molecule is COc1ccc([Si](C)(C)[C@@H]2[C@@H](CCn3cc(CCO)nn3)O[C@]3(C(=O)N(Cc4ccc(NC(=O)c5ccc(N)cc5)cc4)c4ccc(Cl)cc43)[C@H]2C)cc1. The van der Waals surface area contributed by atoms with E-state index in [1.54, 1.807) is 36.1 Å². The fraction of sp³-hybridized carbons (Fsp3) is 0.317. The molecule has 0 saturated carbocycles. The van der Waals surface area contributed by atoms with Crippen LogP contribution in [-0.2, 0) is 34.6 Å². The van der Waals surface area contributed by atoms with E-state index in [9.17, 15) is 9.90 Å². The second kappa shape index (κ2) is 15.0. The van der Waals surface area contributed by atoms with Crippen LogP contribution in [0.25, 0.3) is 0 Å². The van der Waals surface area contributed by atoms with Gasteiger partial charge >= 0.3 is 0 Å². The summed E-state index contributed by atoms with van der Waals surface area (Å²) in [7, 11) is -0.696. The monoisotopic (exact) mass is 764 g/mol. The van der Waals surface area contributed by atoms with Crippen molar-refractivity contribution in [3.8, 4) is 5.75 Å². The number of nitrogen functional groups attached to an aromatic ring is 1. The quantitative estimate of drug-likeness (QED) is 0.101. The van der Waals surface area contributed by atoms with E-state index >= 15 is 4.79 Å². The van der Waals surface area contributed by atoms with Crippen molar-refractivity contribution in [3.63, 3.8) is 0 Å². The van der Waals surface area contributed by atoms with Crippen molar-refractivity contribution in [2.75, 3.05) is 29.7 Å². The lowest BCUT2D eigenvalue weighted by atomic mass is 9.82. The van der Waals surface area contributed by atoms with Gasteiger partial charge in [-0.05, 0) is 84.3 Å². The second-order valence-electron chi connectivity index (χ2n) is 14.7. The largest absolute Gasteiger partial charge is 0.497 e. The molecular formula is C41H45ClN6O5Si. The predicted molar refractivity (Wildman–Crippen MR) is 213 cm³/mol. The number of methoxy groups -OCH3 is 1. The third-order valence-electron chi connectivity index (χ3n) is 11.1. The van der Waals surface area contributed by atoms with Crippen LogP contribution in [0.4, 0.5) is 17.1 Å². The van der Waals surface area contributed by atoms with Crippen LogP contribution in [0.2, 0.25) is 23.7 Å². The first kappa shape index (κ1) is 37.3. The normalized spacial score (nSPS) is 20.7. The Hall–Kier alpha value is -5.01. The Morgan fingerprint density at radius 1 is 1.06 bits per heavy atom. The third kappa shape index (κ3) is 6.90. The smallest absolute Gasteiger partial charge is 0.264 e. The van der Waals surface area contributed by atoms with Crippen molar-refractivity contribution in [2.24, 2.45) is 5.92 Å². The summed E-state index contributed by atoms with van der Waals surface area (Å²) in [6, 6.07) is 28.2. The summed E-state index contributed by atoms with van der Waals surface area (Å²) in [6.45, 7) is 7.70. The van der Waals surface area contributed by atoms with Crippen LogP contribution in [0.3, 0.4) is 0 Å². The first-order chi connectivity index (χ1) is 25.9. The number of nitrogens with zero attached hydrogens (tertiary/aromatic N) is 4. The van der Waals surface area contributed by atoms with Crippen LogP contribution in [0, 0.1) is 5.92 Å². The number of nitrogens with two attached hydrogens (primary N) is 1. The van der Waals surface area contributed by atoms with Crippen molar-refractivity contribution in [3.05, 3.63) is 125 Å². The summed E-state index contributed by atoms with van der Waals surface area (Å²) in [5.41, 5.74) is 9.44. The molecule has 13 heteroatoms. The number of hydrogen-bond donors (Lipinski definition) is 3. The number of hydrogen-bond acceptors (Lipinski definition) is 8. The van der Waals surface area contributed by atoms with Crippen molar-refractivity contribution in [2.45, 2.75) is 63.2 Å². The van der Waals surface area contributed by atoms with Crippen LogP contribution in [-0.4, -0.2) is 59.8 Å². The Morgan fingerprint density at radius 2 is 1.78 bits per heavy atom. The second-order valence-corrected chi connectivity index (χ2v) is 19.8. The Balaban J connectivity index is 1.20. The number of amides is 2. The van der Waals surface area contributed by atoms with E-state index in [0.29, 0.717) is 47.9 Å². The fourth-order valence-electron chi connectivity index (χ4n) is 8.36. The van der Waals surface area contributed by atoms with Crippen LogP contribution >= 0.6 is 11.6 Å². The molecule has 54 heavy (non-hydrogen) atoms. The van der Waals surface area contributed by atoms with Gasteiger partial charge in [0.2, 0.25) is 0 Å². The summed E-state index contributed by atoms with van der Waals surface area (Å²) in [4.78, 5) is 29.8. The molecule has 11 nitrogen and oxygen atoms in total. The number of aliphatic hydroxyl groups is 1. The predicted octanol–water partition coefficient (Wildman–Crippen LogP) is 6.16. The highest BCUT2D eigenvalue weighted by Gasteiger charge is 2.66. The molecule has 2 aliphatic rings. The molecule has 4 N–H and O–H groups in total. The lowest BCUT2D eigenvalue weighted by Crippen LogP contribution is -2.51. The van der Waals surface area contributed by atoms with E-state index in [-0.39, 0.29) is 36.0 Å². The summed E-state index contributed by atoms with van der Waals surface area (Å²) in [5.74, 6) is 0.232. The highest BCUT2D eigenvalue weighted by Crippen LogP contribution is 2.60. The van der Waals surface area contributed by atoms with Crippen LogP contribution < -0.4 is 25.9 Å². The van der Waals surface area contributed by atoms with Gasteiger partial charge in [-0.15, -0.1) is 5.10 Å². The Bertz CT molecular complexity index is 2140. The molecule has 1 spiro atoms. The summed E-state index contributed by atoms with van der Waals surface area (Å²) < 4.78 is 14.5. The maximum atomic E-state index is 15.1. The number of fused-ring (bicyclic) bond motifs is 2. The number of carbonyl (C=O) groups excluding carboxylic acids is 2. The lowest BCUT2D eigenvalue weighted by molar-refractivity contribution is -0.146. The molecule has 7 rings (SSSR count). The number of aromatic nitrogens is 3. The number of aliphatic hydroxyl groups excluding tert-OH is 1. The van der Waals surface area contributed by atoms with E-state index in [1.807, 2.05) is 65.7 Å². The van der Waals surface area contributed by atoms with Gasteiger partial charge in [-0.2, -0.15) is 0 Å². The van der Waals surface area contributed by atoms with E-state index in [4.69, 9.17) is 26.8 Å². The number of nitrogens with one attached hydrogen (secondary N) is 1. The molecule has 0 unspecified atom stereocenters. The van der Waals surface area contributed by atoms with Gasteiger partial charge in [-0.3, -0.25) is 14.3 Å². The number of anilines is 3. The third-order valence-corrected chi connectivity index (χ3v) is 15.7. The van der Waals surface area contributed by atoms with Gasteiger partial charge in [0.15, 0.2) is 5.60 Å². The number of carbonyl (C=O) groups is 2. The maximum absolute atomic E-state index is 15.1. The van der Waals surface area contributed by atoms with Gasteiger partial charge < -0.3 is 30.5 Å². The van der Waals surface area contributed by atoms with E-state index in [2.05, 4.69) is 47.8 Å². The molecule has 1 aromatic heterocycles. The first-order valence-corrected chi connectivity index (χ1v) is 21.6. The zero-order valence-corrected chi connectivity index (χ0v) is 32.6. The number of rotatable bonds is 12. The van der Waals surface area contributed by atoms with Crippen molar-refractivity contribution in [1.29, 1.82) is 0 Å². The minimum atomic E-state index is -2.36. The minimum absolute atomic E-state index is 0.00000437. The first-order valence-electron chi connectivity index (χ1n) is 18.1. The fourth-order valence-corrected chi connectivity index (χ4v) is 12.6. The van der Waals surface area contributed by atoms with Crippen LogP contribution in [0.15, 0.2) is 97.2 Å². The molecule has 2 amide bonds. The molecule has 1 fully saturated rings. The van der Waals surface area contributed by atoms with E-state index in [1.165, 1.54) is 5.19 Å². The molecule has 0 bridgehead atoms. The maximum Gasteiger partial charge on any atom is 0.264 e. The topological polar surface area (TPSA) is 145 Å². The standard InChI is InChI=1S/C41H45ClN6O5Si/c1-26-38(54(3,4)34-16-14-33(52-2)15-17-34)37(19-21-47-25-32(20-22-49)45-46-47)53-41(26)35-23-29(42)9-18-36(35)48(40(41)51)24-27-5-12-31(13-6-27)44-39(50)28-7-10-30(43)11-8-28/h5-18,23,25-26,37-38,49H,19-22,24,43H2,1-4H3,(H,44,50)/t26-,37+,38-,41+/m0/s1. The molecule has 3 heterocycles. The molecule has 4 atom stereocenters. The Morgan fingerprint density at radius 3 is 2.46 bits per heavy atom. The number of ether oxygens (including phenoxy) is 2. The molecular weight excluding hydrogens is 720 g/mol. The Kier molecular flexibility index (Phi) is 10.4. The average molecular weight is 765 g/mol. The number of aryl methyl sites for hydroxylation is 1. The van der Waals surface area contributed by atoms with Gasteiger partial charge in [0.25, 0.3) is 11.8 Å². The molecule has 280 valence electrons. The van der Waals surface area contributed by atoms with Crippen molar-refractivity contribution >= 4 is 53.7 Å². The van der Waals surface area contributed by atoms with Gasteiger partial charge in [0.1, 0.15) is 5.75 Å². The molecule has 0 radical (unpaired) electrons. The van der Waals surface area contributed by atoms with Gasteiger partial charge in [-0.1, -0.05) is 66.3 Å². The molecule has 1 saturated heterocycles. The molecule has 5 aromatic rings. The zero-order chi connectivity index (χ0) is 38.2. The van der Waals surface area contributed by atoms with Crippen molar-refractivity contribution in [1.82, 2.24) is 15.0 Å². The lowest BCUT2D eigenvalue weighted by Gasteiger charge is -2.37. The van der Waals surface area contributed by atoms with Gasteiger partial charge in [-0.25, -0.2) is 0 Å². The van der Waals surface area contributed by atoms with Crippen molar-refractivity contribution < 1.29 is 24.2 Å². The number of halogens is 1. The molecule has 4 aromatic carbocycles. The van der Waals surface area contributed by atoms with E-state index < -0.39 is 13.7 Å². The van der Waals surface area contributed by atoms with Gasteiger partial charge in [0.05, 0.1) is 39.2 Å². The van der Waals surface area contributed by atoms with Gasteiger partial charge in [0, 0.05) is 59.2 Å². The minimum Gasteiger partial charge on any atom is -0.497 e. The summed E-state index contributed by atoms with van der Waals surface area (Å²) in [6.07, 6.45) is 2.62. The average Bonchev–Trinajstić information content (AvgIpc) is 3.81. The van der Waals surface area contributed by atoms with Crippen LogP contribution in [0.5, 0.6) is 5.75 Å². The number of benzene rings is 4. The Labute approximate surface area is 321 Å². The zero-order valence-electron chi connectivity index (χ0n) is 30.8. The summed E-state index contributed by atoms with van der Waals surface area (Å²) in [5, 5.41) is 22.6. The van der Waals surface area contributed by atoms with Crippen LogP contribution in [0.1, 0.15) is 40.5 Å². The molecule has 0 aliphatic carbocycles. The van der Waals surface area contributed by atoms with E-state index in [0.717, 1.165) is 28.3 Å².